The number of pyridine rings is 1. The van der Waals surface area contributed by atoms with Crippen molar-refractivity contribution in [1.82, 2.24) is 14.8 Å². The lowest BCUT2D eigenvalue weighted by atomic mass is 10.1. The lowest BCUT2D eigenvalue weighted by molar-refractivity contribution is -0.132. The van der Waals surface area contributed by atoms with Gasteiger partial charge in [0.15, 0.2) is 5.43 Å². The van der Waals surface area contributed by atoms with Crippen molar-refractivity contribution < 1.29 is 4.79 Å². The minimum absolute atomic E-state index is 0.0204. The summed E-state index contributed by atoms with van der Waals surface area (Å²) in [7, 11) is 0. The molecule has 0 atom stereocenters. The first-order valence-electron chi connectivity index (χ1n) is 8.24. The normalized spacial score (nSPS) is 15.1. The van der Waals surface area contributed by atoms with E-state index in [9.17, 15) is 9.59 Å². The fourth-order valence-corrected chi connectivity index (χ4v) is 3.40. The van der Waals surface area contributed by atoms with Crippen molar-refractivity contribution in [3.05, 3.63) is 58.8 Å². The molecule has 1 N–H and O–H groups in total. The third-order valence-corrected chi connectivity index (χ3v) is 4.64. The van der Waals surface area contributed by atoms with Crippen LogP contribution in [0.25, 0.3) is 21.8 Å². The minimum Gasteiger partial charge on any atom is -0.339 e. The van der Waals surface area contributed by atoms with Crippen molar-refractivity contribution in [3.63, 3.8) is 0 Å². The van der Waals surface area contributed by atoms with E-state index in [1.807, 2.05) is 58.0 Å². The van der Waals surface area contributed by atoms with Gasteiger partial charge < -0.3 is 14.8 Å². The van der Waals surface area contributed by atoms with Crippen LogP contribution in [0.2, 0.25) is 0 Å². The molecule has 1 amide bonds. The molecule has 0 saturated carbocycles. The smallest absolute Gasteiger partial charge is 0.242 e. The monoisotopic (exact) mass is 321 g/mol. The van der Waals surface area contributed by atoms with E-state index in [1.165, 1.54) is 0 Å². The lowest BCUT2D eigenvalue weighted by Gasteiger charge is -2.28. The molecule has 5 nitrogen and oxygen atoms in total. The standard InChI is InChI=1S/C19H19N3O2/c23-18(21-11-9-20-10-12-21)13-22-16-7-3-1-5-14(16)19(24)15-6-2-4-8-17(15)22/h1-8,20H,9-13H2. The molecule has 0 bridgehead atoms. The van der Waals surface area contributed by atoms with Crippen LogP contribution in [-0.2, 0) is 11.3 Å². The van der Waals surface area contributed by atoms with E-state index in [1.54, 1.807) is 0 Å². The van der Waals surface area contributed by atoms with Crippen molar-refractivity contribution in [2.24, 2.45) is 0 Å². The Morgan fingerprint density at radius 2 is 1.46 bits per heavy atom. The Morgan fingerprint density at radius 1 is 0.917 bits per heavy atom. The number of fused-ring (bicyclic) bond motifs is 2. The molecule has 0 aliphatic carbocycles. The summed E-state index contributed by atoms with van der Waals surface area (Å²) in [5.74, 6) is 0.0930. The fraction of sp³-hybridized carbons (Fsp3) is 0.263. The Balaban J connectivity index is 1.87. The highest BCUT2D eigenvalue weighted by atomic mass is 16.2. The molecule has 0 unspecified atom stereocenters. The van der Waals surface area contributed by atoms with Gasteiger partial charge in [0.2, 0.25) is 5.91 Å². The second-order valence-electron chi connectivity index (χ2n) is 6.08. The van der Waals surface area contributed by atoms with Gasteiger partial charge in [-0.3, -0.25) is 9.59 Å². The Labute approximate surface area is 139 Å². The first-order valence-corrected chi connectivity index (χ1v) is 8.24. The number of carbonyl (C=O) groups is 1. The molecular weight excluding hydrogens is 302 g/mol. The molecule has 1 saturated heterocycles. The zero-order valence-corrected chi connectivity index (χ0v) is 13.4. The van der Waals surface area contributed by atoms with Crippen LogP contribution in [0.3, 0.4) is 0 Å². The molecule has 2 aromatic carbocycles. The number of aromatic nitrogens is 1. The summed E-state index contributed by atoms with van der Waals surface area (Å²) in [5, 5.41) is 4.57. The molecule has 24 heavy (non-hydrogen) atoms. The van der Waals surface area contributed by atoms with E-state index in [4.69, 9.17) is 0 Å². The maximum absolute atomic E-state index is 12.7. The molecule has 1 aliphatic heterocycles. The molecule has 1 aromatic heterocycles. The first-order chi connectivity index (χ1) is 11.8. The number of nitrogens with zero attached hydrogens (tertiary/aromatic N) is 2. The predicted octanol–water partition coefficient (Wildman–Crippen LogP) is 1.59. The minimum atomic E-state index is 0.0204. The van der Waals surface area contributed by atoms with Crippen LogP contribution >= 0.6 is 0 Å². The van der Waals surface area contributed by atoms with Crippen LogP contribution in [0.1, 0.15) is 0 Å². The first kappa shape index (κ1) is 14.9. The van der Waals surface area contributed by atoms with E-state index in [0.29, 0.717) is 10.8 Å². The molecule has 5 heteroatoms. The highest BCUT2D eigenvalue weighted by Gasteiger charge is 2.18. The van der Waals surface area contributed by atoms with E-state index >= 15 is 0 Å². The molecule has 1 aliphatic rings. The summed E-state index contributed by atoms with van der Waals surface area (Å²) in [6.45, 7) is 3.37. The average molecular weight is 321 g/mol. The Morgan fingerprint density at radius 3 is 2.04 bits per heavy atom. The zero-order chi connectivity index (χ0) is 16.5. The van der Waals surface area contributed by atoms with Crippen molar-refractivity contribution in [3.8, 4) is 0 Å². The molecule has 0 radical (unpaired) electrons. The topological polar surface area (TPSA) is 54.3 Å². The number of hydrogen-bond acceptors (Lipinski definition) is 3. The van der Waals surface area contributed by atoms with Gasteiger partial charge in [0.1, 0.15) is 6.54 Å². The van der Waals surface area contributed by atoms with Gasteiger partial charge >= 0.3 is 0 Å². The Bertz CT molecular complexity index is 911. The number of carbonyl (C=O) groups excluding carboxylic acids is 1. The van der Waals surface area contributed by atoms with Gasteiger partial charge in [0, 0.05) is 37.0 Å². The van der Waals surface area contributed by atoms with Gasteiger partial charge in [-0.1, -0.05) is 24.3 Å². The number of piperazine rings is 1. The SMILES string of the molecule is O=C(Cn1c2ccccc2c(=O)c2ccccc21)N1CCNCC1. The largest absolute Gasteiger partial charge is 0.339 e. The number of rotatable bonds is 2. The molecule has 122 valence electrons. The van der Waals surface area contributed by atoms with Crippen LogP contribution in [0, 0.1) is 0 Å². The third kappa shape index (κ3) is 2.47. The maximum atomic E-state index is 12.7. The molecule has 1 fully saturated rings. The number of benzene rings is 2. The fourth-order valence-electron chi connectivity index (χ4n) is 3.40. The van der Waals surface area contributed by atoms with Crippen LogP contribution in [0.5, 0.6) is 0 Å². The maximum Gasteiger partial charge on any atom is 0.242 e. The predicted molar refractivity (Wildman–Crippen MR) is 95.2 cm³/mol. The molecule has 3 aromatic rings. The van der Waals surface area contributed by atoms with Gasteiger partial charge in [-0.2, -0.15) is 0 Å². The Hall–Kier alpha value is -2.66. The van der Waals surface area contributed by atoms with Gasteiger partial charge in [-0.15, -0.1) is 0 Å². The summed E-state index contributed by atoms with van der Waals surface area (Å²) >= 11 is 0. The summed E-state index contributed by atoms with van der Waals surface area (Å²) in [6.07, 6.45) is 0. The lowest BCUT2D eigenvalue weighted by Crippen LogP contribution is -2.47. The number of nitrogens with one attached hydrogen (secondary N) is 1. The quantitative estimate of drug-likeness (QED) is 0.729. The number of para-hydroxylation sites is 2. The van der Waals surface area contributed by atoms with Gasteiger partial charge in [-0.25, -0.2) is 0 Å². The molecule has 2 heterocycles. The van der Waals surface area contributed by atoms with Crippen LogP contribution in [-0.4, -0.2) is 41.6 Å². The second kappa shape index (κ2) is 6.09. The van der Waals surface area contributed by atoms with Gasteiger partial charge in [0.25, 0.3) is 0 Å². The summed E-state index contributed by atoms with van der Waals surface area (Å²) < 4.78 is 1.97. The van der Waals surface area contributed by atoms with E-state index in [2.05, 4.69) is 5.32 Å². The molecular formula is C19H19N3O2. The highest BCUT2D eigenvalue weighted by molar-refractivity contribution is 5.94. The van der Waals surface area contributed by atoms with Crippen LogP contribution < -0.4 is 10.7 Å². The molecule has 4 rings (SSSR count). The van der Waals surface area contributed by atoms with Crippen molar-refractivity contribution in [2.45, 2.75) is 6.54 Å². The van der Waals surface area contributed by atoms with Crippen molar-refractivity contribution >= 4 is 27.7 Å². The van der Waals surface area contributed by atoms with Crippen molar-refractivity contribution in [1.29, 1.82) is 0 Å². The number of amides is 1. The summed E-state index contributed by atoms with van der Waals surface area (Å²) in [5.41, 5.74) is 1.64. The highest BCUT2D eigenvalue weighted by Crippen LogP contribution is 2.19. The van der Waals surface area contributed by atoms with Crippen molar-refractivity contribution in [2.75, 3.05) is 26.2 Å². The molecule has 0 spiro atoms. The second-order valence-corrected chi connectivity index (χ2v) is 6.08. The van der Waals surface area contributed by atoms with Gasteiger partial charge in [0.05, 0.1) is 11.0 Å². The van der Waals surface area contributed by atoms with Gasteiger partial charge in [-0.05, 0) is 24.3 Å². The van der Waals surface area contributed by atoms with E-state index in [0.717, 1.165) is 37.2 Å². The third-order valence-electron chi connectivity index (χ3n) is 4.64. The van der Waals surface area contributed by atoms with E-state index in [-0.39, 0.29) is 17.9 Å². The number of hydrogen-bond donors (Lipinski definition) is 1. The zero-order valence-electron chi connectivity index (χ0n) is 13.4. The van der Waals surface area contributed by atoms with Crippen LogP contribution in [0.15, 0.2) is 53.3 Å². The van der Waals surface area contributed by atoms with E-state index < -0.39 is 0 Å². The summed E-state index contributed by atoms with van der Waals surface area (Å²) in [4.78, 5) is 27.3. The van der Waals surface area contributed by atoms with Crippen LogP contribution in [0.4, 0.5) is 0 Å². The summed E-state index contributed by atoms with van der Waals surface area (Å²) in [6, 6.07) is 15.0. The average Bonchev–Trinajstić information content (AvgIpc) is 2.65. The Kier molecular flexibility index (Phi) is 3.78.